The lowest BCUT2D eigenvalue weighted by atomic mass is 9.87. The lowest BCUT2D eigenvalue weighted by Gasteiger charge is -2.26. The van der Waals surface area contributed by atoms with Crippen molar-refractivity contribution in [1.82, 2.24) is 4.57 Å². The first-order valence-corrected chi connectivity index (χ1v) is 5.18. The van der Waals surface area contributed by atoms with E-state index >= 15 is 0 Å². The SMILES string of the molecule is [2H]Cc1c(C(C)(C)C)ccn1C(C)(C)C. The van der Waals surface area contributed by atoms with Crippen molar-refractivity contribution < 1.29 is 1.37 Å². The van der Waals surface area contributed by atoms with Crippen LogP contribution in [0.25, 0.3) is 0 Å². The predicted molar refractivity (Wildman–Crippen MR) is 62.9 cm³/mol. The van der Waals surface area contributed by atoms with Crippen LogP contribution < -0.4 is 0 Å². The summed E-state index contributed by atoms with van der Waals surface area (Å²) in [6.45, 7) is 13.5. The smallest absolute Gasteiger partial charge is 0.0358 e. The van der Waals surface area contributed by atoms with E-state index in [0.29, 0.717) is 6.90 Å². The molecule has 1 heterocycles. The minimum Gasteiger partial charge on any atom is -0.346 e. The number of nitrogens with zero attached hydrogens (tertiary/aromatic N) is 1. The fraction of sp³-hybridized carbons (Fsp3) is 0.692. The van der Waals surface area contributed by atoms with Crippen molar-refractivity contribution in [2.75, 3.05) is 0 Å². The summed E-state index contributed by atoms with van der Waals surface area (Å²) in [5.41, 5.74) is 2.65. The molecule has 80 valence electrons. The summed E-state index contributed by atoms with van der Waals surface area (Å²) in [4.78, 5) is 0. The van der Waals surface area contributed by atoms with E-state index in [2.05, 4.69) is 58.4 Å². The molecule has 0 aliphatic rings. The summed E-state index contributed by atoms with van der Waals surface area (Å²) in [5.74, 6) is 0. The molecule has 0 N–H and O–H groups in total. The van der Waals surface area contributed by atoms with Gasteiger partial charge in [0.05, 0.1) is 0 Å². The Labute approximate surface area is 89.5 Å². The molecule has 0 radical (unpaired) electrons. The molecule has 0 aromatic carbocycles. The predicted octanol–water partition coefficient (Wildman–Crippen LogP) is 3.85. The highest BCUT2D eigenvalue weighted by Gasteiger charge is 2.22. The molecule has 1 nitrogen and oxygen atoms in total. The molecule has 0 aliphatic heterocycles. The summed E-state index contributed by atoms with van der Waals surface area (Å²) in [6.07, 6.45) is 2.12. The average molecular weight is 194 g/mol. The Balaban J connectivity index is 3.30. The Morgan fingerprint density at radius 1 is 1.14 bits per heavy atom. The number of rotatable bonds is 0. The molecule has 1 aromatic rings. The van der Waals surface area contributed by atoms with Gasteiger partial charge in [-0.3, -0.25) is 0 Å². The van der Waals surface area contributed by atoms with Gasteiger partial charge in [-0.05, 0) is 44.7 Å². The highest BCUT2D eigenvalue weighted by molar-refractivity contribution is 5.29. The third-order valence-corrected chi connectivity index (χ3v) is 2.52. The second-order valence-electron chi connectivity index (χ2n) is 5.97. The average Bonchev–Trinajstić information content (AvgIpc) is 2.43. The van der Waals surface area contributed by atoms with Gasteiger partial charge in [0.25, 0.3) is 0 Å². The molecule has 0 bridgehead atoms. The summed E-state index contributed by atoms with van der Waals surface area (Å²) in [7, 11) is 0. The van der Waals surface area contributed by atoms with E-state index in [1.165, 1.54) is 5.56 Å². The van der Waals surface area contributed by atoms with Crippen molar-refractivity contribution in [1.29, 1.82) is 0 Å². The number of hydrogen-bond acceptors (Lipinski definition) is 0. The molecule has 0 saturated heterocycles. The molecule has 1 aromatic heterocycles. The third-order valence-electron chi connectivity index (χ3n) is 2.52. The van der Waals surface area contributed by atoms with Crippen LogP contribution >= 0.6 is 0 Å². The Bertz CT molecular complexity index is 305. The van der Waals surface area contributed by atoms with Crippen LogP contribution in [-0.4, -0.2) is 4.57 Å². The zero-order valence-electron chi connectivity index (χ0n) is 11.3. The highest BCUT2D eigenvalue weighted by atomic mass is 15.0. The van der Waals surface area contributed by atoms with Crippen LogP contribution in [0.2, 0.25) is 0 Å². The van der Waals surface area contributed by atoms with Crippen LogP contribution in [0.4, 0.5) is 0 Å². The van der Waals surface area contributed by atoms with E-state index < -0.39 is 0 Å². The van der Waals surface area contributed by atoms with Crippen LogP contribution in [0.5, 0.6) is 0 Å². The van der Waals surface area contributed by atoms with E-state index in [4.69, 9.17) is 1.37 Å². The van der Waals surface area contributed by atoms with Crippen molar-refractivity contribution >= 4 is 0 Å². The fourth-order valence-corrected chi connectivity index (χ4v) is 1.78. The Morgan fingerprint density at radius 2 is 1.71 bits per heavy atom. The molecular formula is C13H23N. The minimum atomic E-state index is 0.0693. The maximum Gasteiger partial charge on any atom is 0.0358 e. The van der Waals surface area contributed by atoms with Gasteiger partial charge in [0.2, 0.25) is 0 Å². The maximum atomic E-state index is 7.68. The van der Waals surface area contributed by atoms with Gasteiger partial charge in [0.1, 0.15) is 0 Å². The topological polar surface area (TPSA) is 4.93 Å². The molecular weight excluding hydrogens is 170 g/mol. The minimum absolute atomic E-state index is 0.0693. The fourth-order valence-electron chi connectivity index (χ4n) is 1.78. The second-order valence-corrected chi connectivity index (χ2v) is 5.97. The van der Waals surface area contributed by atoms with Gasteiger partial charge in [-0.25, -0.2) is 0 Å². The van der Waals surface area contributed by atoms with Crippen LogP contribution in [-0.2, 0) is 11.0 Å². The first kappa shape index (κ1) is 9.82. The van der Waals surface area contributed by atoms with E-state index in [-0.39, 0.29) is 11.0 Å². The normalized spacial score (nSPS) is 14.3. The van der Waals surface area contributed by atoms with E-state index in [1.807, 2.05) is 0 Å². The van der Waals surface area contributed by atoms with Gasteiger partial charge in [-0.15, -0.1) is 0 Å². The molecule has 1 heteroatoms. The van der Waals surface area contributed by atoms with Crippen molar-refractivity contribution in [3.63, 3.8) is 0 Å². The second kappa shape index (κ2) is 3.15. The lowest BCUT2D eigenvalue weighted by molar-refractivity contribution is 0.388. The van der Waals surface area contributed by atoms with Crippen LogP contribution in [0.1, 0.15) is 54.2 Å². The molecule has 0 aliphatic carbocycles. The molecule has 0 amide bonds. The first-order chi connectivity index (χ1) is 6.68. The molecule has 0 unspecified atom stereocenters. The van der Waals surface area contributed by atoms with Gasteiger partial charge < -0.3 is 4.57 Å². The Kier molecular flexibility index (Phi) is 2.21. The zero-order chi connectivity index (χ0) is 11.9. The maximum absolute atomic E-state index is 7.68. The van der Waals surface area contributed by atoms with E-state index in [9.17, 15) is 0 Å². The number of aromatic nitrogens is 1. The summed E-state index contributed by atoms with van der Waals surface area (Å²) in [5, 5.41) is 0. The van der Waals surface area contributed by atoms with Gasteiger partial charge in [0.15, 0.2) is 0 Å². The van der Waals surface area contributed by atoms with Crippen molar-refractivity contribution in [3.05, 3.63) is 23.5 Å². The molecule has 1 rings (SSSR count). The zero-order valence-corrected chi connectivity index (χ0v) is 10.3. The lowest BCUT2D eigenvalue weighted by Crippen LogP contribution is -2.23. The van der Waals surface area contributed by atoms with Gasteiger partial charge in [-0.2, -0.15) is 0 Å². The summed E-state index contributed by atoms with van der Waals surface area (Å²) >= 11 is 0. The Hall–Kier alpha value is -0.720. The van der Waals surface area contributed by atoms with Gasteiger partial charge in [-0.1, -0.05) is 20.8 Å². The largest absolute Gasteiger partial charge is 0.346 e. The quantitative estimate of drug-likeness (QED) is 0.591. The summed E-state index contributed by atoms with van der Waals surface area (Å²) < 4.78 is 9.90. The van der Waals surface area contributed by atoms with Crippen LogP contribution in [0, 0.1) is 6.90 Å². The van der Waals surface area contributed by atoms with Gasteiger partial charge >= 0.3 is 0 Å². The molecule has 0 saturated carbocycles. The van der Waals surface area contributed by atoms with Crippen molar-refractivity contribution in [2.24, 2.45) is 0 Å². The highest BCUT2D eigenvalue weighted by Crippen LogP contribution is 2.29. The van der Waals surface area contributed by atoms with Crippen LogP contribution in [0.3, 0.4) is 0 Å². The van der Waals surface area contributed by atoms with E-state index in [1.54, 1.807) is 0 Å². The van der Waals surface area contributed by atoms with Crippen molar-refractivity contribution in [2.45, 2.75) is 59.4 Å². The molecule has 0 atom stereocenters. The standard InChI is InChI=1S/C13H23N/c1-10-11(12(2,3)4)8-9-14(10)13(5,6)7/h8-9H,1-7H3/i1D. The Morgan fingerprint density at radius 3 is 2.07 bits per heavy atom. The molecule has 0 spiro atoms. The van der Waals surface area contributed by atoms with Crippen molar-refractivity contribution in [3.8, 4) is 0 Å². The monoisotopic (exact) mass is 194 g/mol. The number of hydrogen-bond donors (Lipinski definition) is 0. The van der Waals surface area contributed by atoms with Crippen LogP contribution in [0.15, 0.2) is 12.3 Å². The van der Waals surface area contributed by atoms with E-state index in [0.717, 1.165) is 5.69 Å². The third kappa shape index (κ3) is 2.02. The molecule has 0 fully saturated rings. The van der Waals surface area contributed by atoms with Gasteiger partial charge in [0, 0.05) is 18.8 Å². The first-order valence-electron chi connectivity index (χ1n) is 5.89. The molecule has 14 heavy (non-hydrogen) atoms. The summed E-state index contributed by atoms with van der Waals surface area (Å²) in [6, 6.07) is 2.16.